The third-order valence-corrected chi connectivity index (χ3v) is 5.00. The van der Waals surface area contributed by atoms with Gasteiger partial charge in [0.1, 0.15) is 0 Å². The van der Waals surface area contributed by atoms with Crippen molar-refractivity contribution in [3.05, 3.63) is 21.4 Å². The Balaban J connectivity index is 2.62. The molecule has 2 N–H and O–H groups in total. The second-order valence-electron chi connectivity index (χ2n) is 5.54. The Morgan fingerprint density at radius 1 is 1.29 bits per heavy atom. The summed E-state index contributed by atoms with van der Waals surface area (Å²) in [6.45, 7) is 7.30. The number of aryl methyl sites for hydroxylation is 2. The van der Waals surface area contributed by atoms with Crippen molar-refractivity contribution < 1.29 is 9.90 Å². The lowest BCUT2D eigenvalue weighted by molar-refractivity contribution is 0.0947. The summed E-state index contributed by atoms with van der Waals surface area (Å²) in [7, 11) is 0. The van der Waals surface area contributed by atoms with E-state index < -0.39 is 0 Å². The smallest absolute Gasteiger partial charge is 0.261 e. The van der Waals surface area contributed by atoms with Gasteiger partial charge in [0.05, 0.1) is 4.88 Å². The Labute approximate surface area is 132 Å². The molecule has 0 radical (unpaired) electrons. The number of hydrogen-bond acceptors (Lipinski definition) is 3. The molecule has 1 atom stereocenters. The number of aliphatic hydroxyl groups excluding tert-OH is 1. The maximum atomic E-state index is 12.3. The third kappa shape index (κ3) is 5.79. The Kier molecular flexibility index (Phi) is 8.62. The molecule has 3 nitrogen and oxygen atoms in total. The lowest BCUT2D eigenvalue weighted by atomic mass is 10.0. The Morgan fingerprint density at radius 2 is 2.05 bits per heavy atom. The molecule has 0 aliphatic rings. The van der Waals surface area contributed by atoms with Crippen LogP contribution in [0, 0.1) is 5.92 Å². The van der Waals surface area contributed by atoms with E-state index in [2.05, 4.69) is 26.1 Å². The van der Waals surface area contributed by atoms with Crippen LogP contribution in [0.5, 0.6) is 0 Å². The van der Waals surface area contributed by atoms with Crippen LogP contribution in [0.3, 0.4) is 0 Å². The van der Waals surface area contributed by atoms with Gasteiger partial charge in [-0.25, -0.2) is 0 Å². The number of carbonyl (C=O) groups is 1. The summed E-state index contributed by atoms with van der Waals surface area (Å²) >= 11 is 1.63. The zero-order chi connectivity index (χ0) is 15.7. The predicted octanol–water partition coefficient (Wildman–Crippen LogP) is 3.79. The number of amides is 1. The molecule has 0 saturated carbocycles. The van der Waals surface area contributed by atoms with Crippen molar-refractivity contribution in [3.63, 3.8) is 0 Å². The number of nitrogens with one attached hydrogen (secondary N) is 1. The van der Waals surface area contributed by atoms with E-state index in [1.165, 1.54) is 10.4 Å². The fourth-order valence-electron chi connectivity index (χ4n) is 2.58. The van der Waals surface area contributed by atoms with Crippen molar-refractivity contribution >= 4 is 17.2 Å². The molecule has 0 saturated heterocycles. The van der Waals surface area contributed by atoms with Crippen molar-refractivity contribution in [2.24, 2.45) is 5.92 Å². The van der Waals surface area contributed by atoms with E-state index in [0.29, 0.717) is 12.5 Å². The van der Waals surface area contributed by atoms with E-state index in [1.807, 2.05) is 6.07 Å². The van der Waals surface area contributed by atoms with Crippen LogP contribution in [0.1, 0.15) is 66.6 Å². The van der Waals surface area contributed by atoms with E-state index in [0.717, 1.165) is 43.4 Å². The summed E-state index contributed by atoms with van der Waals surface area (Å²) in [6.07, 6.45) is 6.06. The van der Waals surface area contributed by atoms with E-state index in [9.17, 15) is 4.79 Å². The molecule has 1 amide bonds. The third-order valence-electron chi connectivity index (χ3n) is 3.76. The highest BCUT2D eigenvalue weighted by atomic mass is 32.1. The molecule has 0 aliphatic carbocycles. The van der Waals surface area contributed by atoms with Crippen LogP contribution < -0.4 is 5.32 Å². The molecule has 1 aromatic heterocycles. The average Bonchev–Trinajstić information content (AvgIpc) is 2.88. The van der Waals surface area contributed by atoms with Gasteiger partial charge in [0.15, 0.2) is 0 Å². The van der Waals surface area contributed by atoms with Crippen molar-refractivity contribution in [1.82, 2.24) is 5.32 Å². The molecule has 0 aromatic carbocycles. The summed E-state index contributed by atoms with van der Waals surface area (Å²) in [4.78, 5) is 14.5. The molecular formula is C17H29NO2S. The van der Waals surface area contributed by atoms with Crippen molar-refractivity contribution in [2.45, 2.75) is 59.3 Å². The minimum absolute atomic E-state index is 0.0381. The first-order chi connectivity index (χ1) is 10.2. The molecule has 21 heavy (non-hydrogen) atoms. The van der Waals surface area contributed by atoms with Gasteiger partial charge in [0.25, 0.3) is 5.91 Å². The average molecular weight is 311 g/mol. The number of carbonyl (C=O) groups excluding carboxylic acids is 1. The lowest BCUT2D eigenvalue weighted by Gasteiger charge is -2.15. The minimum Gasteiger partial charge on any atom is -0.396 e. The molecule has 4 heteroatoms. The van der Waals surface area contributed by atoms with Crippen LogP contribution in [0.2, 0.25) is 0 Å². The summed E-state index contributed by atoms with van der Waals surface area (Å²) in [5.74, 6) is 0.417. The minimum atomic E-state index is 0.0381. The zero-order valence-corrected chi connectivity index (χ0v) is 14.4. The second kappa shape index (κ2) is 9.96. The van der Waals surface area contributed by atoms with Gasteiger partial charge in [0, 0.05) is 18.0 Å². The molecule has 1 aromatic rings. The van der Waals surface area contributed by atoms with Crippen LogP contribution in [0.4, 0.5) is 0 Å². The van der Waals surface area contributed by atoms with E-state index in [-0.39, 0.29) is 12.5 Å². The van der Waals surface area contributed by atoms with Crippen LogP contribution in [0.15, 0.2) is 6.07 Å². The molecule has 1 heterocycles. The van der Waals surface area contributed by atoms with Gasteiger partial charge in [-0.05, 0) is 43.2 Å². The largest absolute Gasteiger partial charge is 0.396 e. The molecule has 0 fully saturated rings. The molecule has 0 spiro atoms. The first-order valence-electron chi connectivity index (χ1n) is 8.16. The highest BCUT2D eigenvalue weighted by molar-refractivity contribution is 7.14. The first-order valence-corrected chi connectivity index (χ1v) is 8.98. The highest BCUT2D eigenvalue weighted by Gasteiger charge is 2.15. The molecular weight excluding hydrogens is 282 g/mol. The fraction of sp³-hybridized carbons (Fsp3) is 0.706. The molecule has 0 bridgehead atoms. The summed E-state index contributed by atoms with van der Waals surface area (Å²) < 4.78 is 0. The monoisotopic (exact) mass is 311 g/mol. The summed E-state index contributed by atoms with van der Waals surface area (Å²) in [6, 6.07) is 2.05. The Hall–Kier alpha value is -0.870. The SMILES string of the molecule is CCCc1sc(C(=O)NCC(CCC)CCO)cc1CC. The van der Waals surface area contributed by atoms with E-state index in [4.69, 9.17) is 5.11 Å². The van der Waals surface area contributed by atoms with Gasteiger partial charge in [-0.15, -0.1) is 11.3 Å². The van der Waals surface area contributed by atoms with Crippen LogP contribution in [-0.4, -0.2) is 24.2 Å². The van der Waals surface area contributed by atoms with Crippen LogP contribution in [-0.2, 0) is 12.8 Å². The predicted molar refractivity (Wildman–Crippen MR) is 90.1 cm³/mol. The maximum Gasteiger partial charge on any atom is 0.261 e. The van der Waals surface area contributed by atoms with Gasteiger partial charge >= 0.3 is 0 Å². The van der Waals surface area contributed by atoms with Gasteiger partial charge < -0.3 is 10.4 Å². The quantitative estimate of drug-likeness (QED) is 0.690. The first kappa shape index (κ1) is 18.2. The number of hydrogen-bond donors (Lipinski definition) is 2. The Morgan fingerprint density at radius 3 is 2.62 bits per heavy atom. The van der Waals surface area contributed by atoms with Crippen LogP contribution >= 0.6 is 11.3 Å². The van der Waals surface area contributed by atoms with Crippen LogP contribution in [0.25, 0.3) is 0 Å². The molecule has 120 valence electrons. The maximum absolute atomic E-state index is 12.3. The topological polar surface area (TPSA) is 49.3 Å². The summed E-state index contributed by atoms with van der Waals surface area (Å²) in [5.41, 5.74) is 1.31. The molecule has 1 unspecified atom stereocenters. The standard InChI is InChI=1S/C17H29NO2S/c1-4-7-13(9-10-19)12-18-17(20)16-11-14(6-3)15(21-16)8-5-2/h11,13,19H,4-10,12H2,1-3H3,(H,18,20). The normalized spacial score (nSPS) is 12.4. The fourth-order valence-corrected chi connectivity index (χ4v) is 3.85. The molecule has 0 aliphatic heterocycles. The van der Waals surface area contributed by atoms with Gasteiger partial charge in [-0.1, -0.05) is 33.6 Å². The van der Waals surface area contributed by atoms with Gasteiger partial charge in [-0.3, -0.25) is 4.79 Å². The lowest BCUT2D eigenvalue weighted by Crippen LogP contribution is -2.29. The molecule has 1 rings (SSSR count). The zero-order valence-electron chi connectivity index (χ0n) is 13.6. The second-order valence-corrected chi connectivity index (χ2v) is 6.68. The van der Waals surface area contributed by atoms with Gasteiger partial charge in [0.2, 0.25) is 0 Å². The number of aliphatic hydroxyl groups is 1. The van der Waals surface area contributed by atoms with Crippen molar-refractivity contribution in [1.29, 1.82) is 0 Å². The number of rotatable bonds is 10. The van der Waals surface area contributed by atoms with Crippen molar-refractivity contribution in [2.75, 3.05) is 13.2 Å². The highest BCUT2D eigenvalue weighted by Crippen LogP contribution is 2.24. The summed E-state index contributed by atoms with van der Waals surface area (Å²) in [5, 5.41) is 12.1. The van der Waals surface area contributed by atoms with E-state index in [1.54, 1.807) is 11.3 Å². The van der Waals surface area contributed by atoms with Crippen molar-refractivity contribution in [3.8, 4) is 0 Å². The number of thiophene rings is 1. The van der Waals surface area contributed by atoms with Gasteiger partial charge in [-0.2, -0.15) is 0 Å². The van der Waals surface area contributed by atoms with E-state index >= 15 is 0 Å². The Bertz CT molecular complexity index is 422.